The number of nitrogens with zero attached hydrogens (tertiary/aromatic N) is 1. The van der Waals surface area contributed by atoms with Crippen LogP contribution in [0.25, 0.3) is 0 Å². The summed E-state index contributed by atoms with van der Waals surface area (Å²) in [6, 6.07) is 5.19. The first-order valence-electron chi connectivity index (χ1n) is 11.1. The average Bonchev–Trinajstić information content (AvgIpc) is 3.52. The Morgan fingerprint density at radius 1 is 1.21 bits per heavy atom. The van der Waals surface area contributed by atoms with Crippen molar-refractivity contribution in [1.29, 1.82) is 0 Å². The van der Waals surface area contributed by atoms with E-state index in [2.05, 4.69) is 4.98 Å². The zero-order valence-electron chi connectivity index (χ0n) is 18.1. The van der Waals surface area contributed by atoms with Gasteiger partial charge in [0.05, 0.1) is 30.4 Å². The van der Waals surface area contributed by atoms with Crippen molar-refractivity contribution in [2.75, 3.05) is 13.7 Å². The first-order chi connectivity index (χ1) is 16.3. The van der Waals surface area contributed by atoms with Crippen LogP contribution >= 0.6 is 23.1 Å². The summed E-state index contributed by atoms with van der Waals surface area (Å²) in [7, 11) is 1.48. The van der Waals surface area contributed by atoms with Crippen molar-refractivity contribution in [3.63, 3.8) is 0 Å². The van der Waals surface area contributed by atoms with Crippen molar-refractivity contribution in [3.05, 3.63) is 38.3 Å². The summed E-state index contributed by atoms with van der Waals surface area (Å²) >= 11 is 2.76. The Labute approximate surface area is 202 Å². The molecule has 0 spiro atoms. The van der Waals surface area contributed by atoms with Gasteiger partial charge < -0.3 is 19.9 Å². The number of likely N-dealkylation sites (tertiary alicyclic amines) is 1. The van der Waals surface area contributed by atoms with Gasteiger partial charge in [-0.1, -0.05) is 17.4 Å². The number of amides is 2. The summed E-state index contributed by atoms with van der Waals surface area (Å²) in [4.78, 5) is 54.7. The Morgan fingerprint density at radius 2 is 1.94 bits per heavy atom. The van der Waals surface area contributed by atoms with Gasteiger partial charge in [0.15, 0.2) is 11.5 Å². The molecule has 9 nitrogen and oxygen atoms in total. The molecule has 7 atom stereocenters. The number of thiazole rings is 1. The van der Waals surface area contributed by atoms with Crippen molar-refractivity contribution in [1.82, 2.24) is 9.88 Å². The molecule has 1 saturated heterocycles. The van der Waals surface area contributed by atoms with Gasteiger partial charge in [0.25, 0.3) is 0 Å². The minimum Gasteiger partial charge on any atom is -0.504 e. The summed E-state index contributed by atoms with van der Waals surface area (Å²) in [5.74, 6) is -2.29. The van der Waals surface area contributed by atoms with Crippen LogP contribution in [-0.4, -0.2) is 56.8 Å². The molecule has 11 heteroatoms. The maximum Gasteiger partial charge on any atom is 0.305 e. The average molecular weight is 503 g/mol. The smallest absolute Gasteiger partial charge is 0.305 e. The van der Waals surface area contributed by atoms with E-state index in [9.17, 15) is 24.3 Å². The molecular formula is C23H22N2O7S2. The number of aliphatic carboxylic acids is 1. The number of nitrogens with one attached hydrogen (secondary N) is 1. The fourth-order valence-corrected chi connectivity index (χ4v) is 9.66. The summed E-state index contributed by atoms with van der Waals surface area (Å²) in [5, 5.41) is 20.0. The minimum absolute atomic E-state index is 0.0191. The van der Waals surface area contributed by atoms with Crippen molar-refractivity contribution in [2.24, 2.45) is 29.6 Å². The molecule has 178 valence electrons. The Bertz CT molecular complexity index is 1290. The van der Waals surface area contributed by atoms with Gasteiger partial charge in [0.1, 0.15) is 0 Å². The summed E-state index contributed by atoms with van der Waals surface area (Å²) in [6.45, 7) is -0.0961. The third-order valence-electron chi connectivity index (χ3n) is 7.93. The van der Waals surface area contributed by atoms with Gasteiger partial charge in [-0.25, -0.2) is 0 Å². The van der Waals surface area contributed by atoms with E-state index in [1.54, 1.807) is 23.9 Å². The number of aromatic hydroxyl groups is 1. The van der Waals surface area contributed by atoms with Gasteiger partial charge >= 0.3 is 10.8 Å². The third kappa shape index (κ3) is 2.92. The molecule has 34 heavy (non-hydrogen) atoms. The van der Waals surface area contributed by atoms with Gasteiger partial charge in [0, 0.05) is 22.6 Å². The van der Waals surface area contributed by atoms with Crippen LogP contribution < -0.4 is 9.61 Å². The number of benzene rings is 1. The molecule has 0 radical (unpaired) electrons. The Morgan fingerprint density at radius 3 is 2.65 bits per heavy atom. The molecule has 2 saturated carbocycles. The molecule has 2 amide bonds. The van der Waals surface area contributed by atoms with Crippen molar-refractivity contribution >= 4 is 40.9 Å². The number of carbonyl (C=O) groups excluding carboxylic acids is 2. The third-order valence-corrected chi connectivity index (χ3v) is 10.5. The molecule has 3 N–H and O–H groups in total. The molecule has 2 bridgehead atoms. The number of imide groups is 1. The van der Waals surface area contributed by atoms with Crippen LogP contribution in [0.15, 0.2) is 28.0 Å². The highest BCUT2D eigenvalue weighted by atomic mass is 32.2. The van der Waals surface area contributed by atoms with E-state index in [0.29, 0.717) is 5.75 Å². The largest absolute Gasteiger partial charge is 0.504 e. The number of phenols is 1. The molecule has 4 aliphatic rings. The number of aromatic amines is 1. The zero-order valence-corrected chi connectivity index (χ0v) is 19.7. The number of methoxy groups -OCH3 is 1. The Balaban J connectivity index is 1.42. The number of fused-ring (bicyclic) bond motifs is 9. The fraction of sp³-hybridized carbons (Fsp3) is 0.478. The fourth-order valence-electron chi connectivity index (χ4n) is 6.77. The Kier molecular flexibility index (Phi) is 4.86. The van der Waals surface area contributed by atoms with E-state index in [-0.39, 0.29) is 64.3 Å². The molecule has 3 fully saturated rings. The second-order valence-electron chi connectivity index (χ2n) is 9.36. The first kappa shape index (κ1) is 21.7. The van der Waals surface area contributed by atoms with Crippen LogP contribution in [0.1, 0.15) is 29.2 Å². The highest BCUT2D eigenvalue weighted by molar-refractivity contribution is 8.00. The lowest BCUT2D eigenvalue weighted by molar-refractivity contribution is -0.142. The quantitative estimate of drug-likeness (QED) is 0.529. The van der Waals surface area contributed by atoms with E-state index in [1.807, 2.05) is 6.07 Å². The van der Waals surface area contributed by atoms with Crippen LogP contribution in [0.3, 0.4) is 0 Å². The van der Waals surface area contributed by atoms with Gasteiger partial charge in [-0.2, -0.15) is 0 Å². The number of rotatable bonds is 5. The predicted octanol–water partition coefficient (Wildman–Crippen LogP) is 2.10. The van der Waals surface area contributed by atoms with Gasteiger partial charge in [-0.15, -0.1) is 11.8 Å². The second-order valence-corrected chi connectivity index (χ2v) is 11.6. The predicted molar refractivity (Wildman–Crippen MR) is 122 cm³/mol. The Hall–Kier alpha value is -2.79. The van der Waals surface area contributed by atoms with E-state index < -0.39 is 17.8 Å². The number of carboxylic acid groups (broad SMARTS) is 1. The standard InChI is InChI=1S/C23H22N2O7S2/c1-32-12-6-8(2-3-11(12)26)14-15-9-7-10(18(15)33-20-19(14)34-23(31)24-20)17-16(9)21(29)25(22(17)30)5-4-13(27)28/h2-3,6,9-10,14-18,26H,4-5,7H2,1H3,(H,24,31)(H,27,28)/t9-,10+,14+,15+,16+,17+,18-/m1/s1. The number of aromatic nitrogens is 1. The minimum atomic E-state index is -1.04. The topological polar surface area (TPSA) is 137 Å². The molecule has 0 unspecified atom stereocenters. The maximum absolute atomic E-state index is 13.3. The monoisotopic (exact) mass is 502 g/mol. The molecule has 3 heterocycles. The lowest BCUT2D eigenvalue weighted by Crippen LogP contribution is -2.42. The molecule has 6 rings (SSSR count). The van der Waals surface area contributed by atoms with E-state index in [0.717, 1.165) is 38.1 Å². The normalized spacial score (nSPS) is 33.1. The van der Waals surface area contributed by atoms with E-state index in [4.69, 9.17) is 9.84 Å². The number of carbonyl (C=O) groups is 3. The van der Waals surface area contributed by atoms with Gasteiger partial charge in [-0.3, -0.25) is 24.1 Å². The van der Waals surface area contributed by atoms with Crippen molar-refractivity contribution in [2.45, 2.75) is 29.0 Å². The number of hydrogen-bond acceptors (Lipinski definition) is 8. The summed E-state index contributed by atoms with van der Waals surface area (Å²) in [6.07, 6.45) is 0.495. The second kappa shape index (κ2) is 7.61. The zero-order chi connectivity index (χ0) is 23.9. The van der Waals surface area contributed by atoms with Crippen LogP contribution in [0.2, 0.25) is 0 Å². The lowest BCUT2D eigenvalue weighted by atomic mass is 9.68. The molecular weight excluding hydrogens is 480 g/mol. The van der Waals surface area contributed by atoms with Crippen LogP contribution in [0.4, 0.5) is 0 Å². The summed E-state index contributed by atoms with van der Waals surface area (Å²) < 4.78 is 5.33. The molecule has 2 aliphatic carbocycles. The summed E-state index contributed by atoms with van der Waals surface area (Å²) in [5.41, 5.74) is 0.894. The number of ether oxygens (including phenoxy) is 1. The van der Waals surface area contributed by atoms with Gasteiger partial charge in [0.2, 0.25) is 11.8 Å². The number of H-pyrrole nitrogens is 1. The van der Waals surface area contributed by atoms with Crippen molar-refractivity contribution in [3.8, 4) is 11.5 Å². The molecule has 1 aromatic carbocycles. The van der Waals surface area contributed by atoms with Crippen molar-refractivity contribution < 1.29 is 29.3 Å². The SMILES string of the molecule is COc1cc([C@@H]2c3sc(=O)[nH]c3S[C@@H]3[C@H]4C[C@@H]([C@@H]5C(=O)N(CCC(=O)O)C(=O)[C@@H]45)[C@@H]23)ccc1O. The highest BCUT2D eigenvalue weighted by Gasteiger charge is 2.69. The number of carboxylic acids is 1. The van der Waals surface area contributed by atoms with Crippen LogP contribution in [0.5, 0.6) is 11.5 Å². The molecule has 2 aliphatic heterocycles. The van der Waals surface area contributed by atoms with Crippen LogP contribution in [0, 0.1) is 29.6 Å². The molecule has 1 aromatic heterocycles. The van der Waals surface area contributed by atoms with E-state index >= 15 is 0 Å². The maximum atomic E-state index is 13.3. The molecule has 2 aromatic rings. The number of phenolic OH excluding ortho intramolecular Hbond substituents is 1. The van der Waals surface area contributed by atoms with E-state index in [1.165, 1.54) is 7.11 Å². The number of hydrogen-bond donors (Lipinski definition) is 3. The van der Waals surface area contributed by atoms with Gasteiger partial charge in [-0.05, 0) is 41.9 Å². The lowest BCUT2D eigenvalue weighted by Gasteiger charge is -2.43. The number of thioether (sulfide) groups is 1. The van der Waals surface area contributed by atoms with Crippen LogP contribution in [-0.2, 0) is 14.4 Å². The first-order valence-corrected chi connectivity index (χ1v) is 12.8. The highest BCUT2D eigenvalue weighted by Crippen LogP contribution is 2.68.